The minimum Gasteiger partial charge on any atom is -0.325 e. The van der Waals surface area contributed by atoms with Crippen LogP contribution >= 0.6 is 0 Å². The number of likely N-dealkylation sites (N-methyl/N-ethyl adjacent to an activating group) is 1. The summed E-state index contributed by atoms with van der Waals surface area (Å²) in [6, 6.07) is 9.48. The molecule has 0 radical (unpaired) electrons. The van der Waals surface area contributed by atoms with Crippen LogP contribution in [0.4, 0.5) is 5.69 Å². The highest BCUT2D eigenvalue weighted by molar-refractivity contribution is 7.84. The van der Waals surface area contributed by atoms with E-state index in [9.17, 15) is 9.00 Å². The number of nitrogens with one attached hydrogen (secondary N) is 1. The van der Waals surface area contributed by atoms with Gasteiger partial charge in [0.15, 0.2) is 0 Å². The molecule has 0 aliphatic rings. The standard InChI is InChI=1S/C13H20N2O2S/c1-11(10-18(3)17)15(2)9-13(16)14-12-7-5-4-6-8-12/h4-8,11H,9-10H2,1-3H3,(H,14,16)/t11-,18-/m0/s1. The monoisotopic (exact) mass is 268 g/mol. The molecule has 18 heavy (non-hydrogen) atoms. The van der Waals surface area contributed by atoms with Gasteiger partial charge in [-0.15, -0.1) is 0 Å². The molecule has 100 valence electrons. The molecule has 0 unspecified atom stereocenters. The molecule has 0 bridgehead atoms. The molecule has 0 saturated carbocycles. The van der Waals surface area contributed by atoms with Gasteiger partial charge in [0, 0.05) is 34.5 Å². The van der Waals surface area contributed by atoms with Crippen molar-refractivity contribution in [2.24, 2.45) is 0 Å². The van der Waals surface area contributed by atoms with Crippen LogP contribution in [0.1, 0.15) is 6.92 Å². The van der Waals surface area contributed by atoms with Crippen LogP contribution in [0, 0.1) is 0 Å². The summed E-state index contributed by atoms with van der Waals surface area (Å²) in [7, 11) is 1.02. The second-order valence-corrected chi connectivity index (χ2v) is 5.90. The summed E-state index contributed by atoms with van der Waals surface area (Å²) in [6.45, 7) is 2.27. The van der Waals surface area contributed by atoms with Crippen LogP contribution in [0.15, 0.2) is 30.3 Å². The minimum absolute atomic E-state index is 0.0579. The van der Waals surface area contributed by atoms with E-state index in [1.54, 1.807) is 6.26 Å². The van der Waals surface area contributed by atoms with Crippen LogP contribution in [0.5, 0.6) is 0 Å². The number of hydrogen-bond acceptors (Lipinski definition) is 3. The number of anilines is 1. The highest BCUT2D eigenvalue weighted by atomic mass is 32.2. The van der Waals surface area contributed by atoms with Gasteiger partial charge in [-0.05, 0) is 26.1 Å². The van der Waals surface area contributed by atoms with Crippen molar-refractivity contribution in [2.75, 3.05) is 30.9 Å². The normalized spacial score (nSPS) is 14.2. The average Bonchev–Trinajstić information content (AvgIpc) is 2.29. The van der Waals surface area contributed by atoms with E-state index in [2.05, 4.69) is 5.32 Å². The van der Waals surface area contributed by atoms with Gasteiger partial charge in [0.1, 0.15) is 0 Å². The van der Waals surface area contributed by atoms with Gasteiger partial charge in [-0.3, -0.25) is 13.9 Å². The van der Waals surface area contributed by atoms with Crippen molar-refractivity contribution in [2.45, 2.75) is 13.0 Å². The molecule has 0 fully saturated rings. The summed E-state index contributed by atoms with van der Waals surface area (Å²) in [5.74, 6) is 0.521. The fraction of sp³-hybridized carbons (Fsp3) is 0.462. The van der Waals surface area contributed by atoms with Crippen LogP contribution < -0.4 is 5.32 Å². The van der Waals surface area contributed by atoms with Crippen LogP contribution in [0.3, 0.4) is 0 Å². The number of hydrogen-bond donors (Lipinski definition) is 1. The second kappa shape index (κ2) is 7.28. The fourth-order valence-electron chi connectivity index (χ4n) is 1.57. The van der Waals surface area contributed by atoms with Gasteiger partial charge in [0.25, 0.3) is 0 Å². The molecule has 0 heterocycles. The van der Waals surface area contributed by atoms with E-state index in [-0.39, 0.29) is 11.9 Å². The van der Waals surface area contributed by atoms with E-state index in [1.165, 1.54) is 0 Å². The molecule has 1 N–H and O–H groups in total. The van der Waals surface area contributed by atoms with Gasteiger partial charge < -0.3 is 5.32 Å². The third-order valence-corrected chi connectivity index (χ3v) is 3.63. The molecule has 5 heteroatoms. The molecule has 1 rings (SSSR count). The molecular formula is C13H20N2O2S. The number of para-hydroxylation sites is 1. The van der Waals surface area contributed by atoms with Crippen molar-refractivity contribution in [1.29, 1.82) is 0 Å². The van der Waals surface area contributed by atoms with Gasteiger partial charge in [-0.1, -0.05) is 18.2 Å². The topological polar surface area (TPSA) is 49.4 Å². The molecule has 0 spiro atoms. The molecule has 0 saturated heterocycles. The third kappa shape index (κ3) is 5.42. The predicted octanol–water partition coefficient (Wildman–Crippen LogP) is 1.32. The predicted molar refractivity (Wildman–Crippen MR) is 76.1 cm³/mol. The van der Waals surface area contributed by atoms with Crippen molar-refractivity contribution < 1.29 is 9.00 Å². The zero-order chi connectivity index (χ0) is 13.5. The van der Waals surface area contributed by atoms with E-state index in [1.807, 2.05) is 49.2 Å². The van der Waals surface area contributed by atoms with Gasteiger partial charge in [0.05, 0.1) is 6.54 Å². The highest BCUT2D eigenvalue weighted by Crippen LogP contribution is 2.05. The van der Waals surface area contributed by atoms with Gasteiger partial charge in [-0.25, -0.2) is 0 Å². The molecule has 4 nitrogen and oxygen atoms in total. The summed E-state index contributed by atoms with van der Waals surface area (Å²) in [5, 5.41) is 2.82. The third-order valence-electron chi connectivity index (χ3n) is 2.68. The smallest absolute Gasteiger partial charge is 0.238 e. The summed E-state index contributed by atoms with van der Waals surface area (Å²) >= 11 is 0. The molecule has 2 atom stereocenters. The van der Waals surface area contributed by atoms with Crippen LogP contribution in [0.2, 0.25) is 0 Å². The van der Waals surface area contributed by atoms with E-state index < -0.39 is 10.8 Å². The number of carbonyl (C=O) groups excluding carboxylic acids is 1. The van der Waals surface area contributed by atoms with E-state index in [4.69, 9.17) is 0 Å². The lowest BCUT2D eigenvalue weighted by atomic mass is 10.3. The fourth-order valence-corrected chi connectivity index (χ4v) is 2.51. The Morgan fingerprint density at radius 3 is 2.56 bits per heavy atom. The first-order chi connectivity index (χ1) is 8.49. The first-order valence-corrected chi connectivity index (χ1v) is 7.57. The minimum atomic E-state index is -0.842. The Bertz CT molecular complexity index is 409. The van der Waals surface area contributed by atoms with Gasteiger partial charge in [-0.2, -0.15) is 0 Å². The molecule has 0 aliphatic heterocycles. The summed E-state index contributed by atoms with van der Waals surface area (Å²) < 4.78 is 11.1. The highest BCUT2D eigenvalue weighted by Gasteiger charge is 2.14. The Labute approximate surface area is 111 Å². The lowest BCUT2D eigenvalue weighted by molar-refractivity contribution is -0.117. The lowest BCUT2D eigenvalue weighted by Crippen LogP contribution is -2.39. The second-order valence-electron chi connectivity index (χ2n) is 4.42. The summed E-state index contributed by atoms with van der Waals surface area (Å²) in [6.07, 6.45) is 1.67. The molecular weight excluding hydrogens is 248 g/mol. The van der Waals surface area contributed by atoms with Crippen molar-refractivity contribution >= 4 is 22.4 Å². The largest absolute Gasteiger partial charge is 0.325 e. The quantitative estimate of drug-likeness (QED) is 0.846. The van der Waals surface area contributed by atoms with Crippen molar-refractivity contribution in [3.05, 3.63) is 30.3 Å². The Kier molecular flexibility index (Phi) is 6.01. The number of rotatable bonds is 6. The first kappa shape index (κ1) is 14.9. The van der Waals surface area contributed by atoms with Crippen molar-refractivity contribution in [3.8, 4) is 0 Å². The Balaban J connectivity index is 2.42. The van der Waals surface area contributed by atoms with Crippen LogP contribution in [-0.4, -0.2) is 46.7 Å². The Hall–Kier alpha value is -1.20. The number of nitrogens with zero attached hydrogens (tertiary/aromatic N) is 1. The van der Waals surface area contributed by atoms with E-state index >= 15 is 0 Å². The van der Waals surface area contributed by atoms with E-state index in [0.717, 1.165) is 5.69 Å². The first-order valence-electron chi connectivity index (χ1n) is 5.84. The Morgan fingerprint density at radius 1 is 1.39 bits per heavy atom. The van der Waals surface area contributed by atoms with E-state index in [0.29, 0.717) is 12.3 Å². The van der Waals surface area contributed by atoms with Crippen LogP contribution in [0.25, 0.3) is 0 Å². The zero-order valence-electron chi connectivity index (χ0n) is 11.1. The molecule has 1 aromatic rings. The van der Waals surface area contributed by atoms with Crippen molar-refractivity contribution in [3.63, 3.8) is 0 Å². The van der Waals surface area contributed by atoms with Crippen molar-refractivity contribution in [1.82, 2.24) is 4.90 Å². The number of benzene rings is 1. The molecule has 1 amide bonds. The maximum absolute atomic E-state index is 11.8. The van der Waals surface area contributed by atoms with Gasteiger partial charge in [0.2, 0.25) is 5.91 Å². The van der Waals surface area contributed by atoms with Crippen LogP contribution in [-0.2, 0) is 15.6 Å². The number of carbonyl (C=O) groups is 1. The summed E-state index contributed by atoms with van der Waals surface area (Å²) in [4.78, 5) is 13.7. The SMILES string of the molecule is C[C@@H](C[S@](C)=O)N(C)CC(=O)Nc1ccccc1. The molecule has 0 aromatic heterocycles. The lowest BCUT2D eigenvalue weighted by Gasteiger charge is -2.23. The summed E-state index contributed by atoms with van der Waals surface area (Å²) in [5.41, 5.74) is 0.794. The molecule has 1 aromatic carbocycles. The Morgan fingerprint density at radius 2 is 2.00 bits per heavy atom. The maximum Gasteiger partial charge on any atom is 0.238 e. The average molecular weight is 268 g/mol. The number of amides is 1. The zero-order valence-corrected chi connectivity index (χ0v) is 11.9. The maximum atomic E-state index is 11.8. The van der Waals surface area contributed by atoms with Gasteiger partial charge >= 0.3 is 0 Å². The molecule has 0 aliphatic carbocycles.